The molecule has 0 saturated carbocycles. The fourth-order valence-corrected chi connectivity index (χ4v) is 4.28. The van der Waals surface area contributed by atoms with Gasteiger partial charge < -0.3 is 12.7 Å². The van der Waals surface area contributed by atoms with Gasteiger partial charge in [-0.3, -0.25) is 4.18 Å². The maximum Gasteiger partial charge on any atom is 0.297 e. The predicted octanol–water partition coefficient (Wildman–Crippen LogP) is 3.89. The normalized spacial score (nSPS) is 21.9. The topological polar surface area (TPSA) is 89.8 Å². The molecule has 3 rings (SSSR count). The summed E-state index contributed by atoms with van der Waals surface area (Å²) in [5.41, 5.74) is 2.28. The minimum absolute atomic E-state index is 0.0195. The molecule has 0 amide bonds. The summed E-state index contributed by atoms with van der Waals surface area (Å²) in [6.07, 6.45) is -0.377. The van der Waals surface area contributed by atoms with Crippen LogP contribution >= 0.6 is 23.0 Å². The molecule has 1 aliphatic rings. The zero-order valence-corrected chi connectivity index (χ0v) is 19.5. The van der Waals surface area contributed by atoms with Crippen LogP contribution in [0, 0.1) is 0 Å². The van der Waals surface area contributed by atoms with E-state index in [1.807, 2.05) is 43.3 Å². The van der Waals surface area contributed by atoms with Gasteiger partial charge in [0.2, 0.25) is 0 Å². The summed E-state index contributed by atoms with van der Waals surface area (Å²) in [7, 11) is 5.69. The van der Waals surface area contributed by atoms with Crippen LogP contribution in [0.25, 0.3) is 0 Å². The first-order chi connectivity index (χ1) is 14.3. The number of ether oxygens (including phenoxy) is 1. The highest BCUT2D eigenvalue weighted by molar-refractivity contribution is 14.1. The number of azo groups is 1. The minimum atomic E-state index is -3.95. The Morgan fingerprint density at radius 1 is 1.10 bits per heavy atom. The van der Waals surface area contributed by atoms with Crippen LogP contribution in [-0.4, -0.2) is 55.2 Å². The molecule has 0 aromatic heterocycles. The number of hydrogen-bond donors (Lipinski definition) is 0. The van der Waals surface area contributed by atoms with Gasteiger partial charge in [-0.2, -0.15) is 18.6 Å². The van der Waals surface area contributed by atoms with Crippen LogP contribution in [0.2, 0.25) is 0 Å². The van der Waals surface area contributed by atoms with Gasteiger partial charge in [-0.25, -0.2) is 0 Å². The number of halogens is 1. The van der Waals surface area contributed by atoms with Crippen molar-refractivity contribution in [2.45, 2.75) is 29.5 Å². The molecule has 158 valence electrons. The summed E-state index contributed by atoms with van der Waals surface area (Å²) in [4.78, 5) is 2.01. The molecule has 0 bridgehead atoms. The first-order valence-corrected chi connectivity index (χ1v) is 11.4. The molecule has 0 aliphatic carbocycles. The van der Waals surface area contributed by atoms with E-state index in [0.29, 0.717) is 17.8 Å². The van der Waals surface area contributed by atoms with Crippen LogP contribution in [0.15, 0.2) is 63.7 Å². The molecule has 2 unspecified atom stereocenters. The van der Waals surface area contributed by atoms with Crippen LogP contribution in [0.3, 0.4) is 0 Å². The van der Waals surface area contributed by atoms with E-state index in [9.17, 15) is 8.42 Å². The van der Waals surface area contributed by atoms with Gasteiger partial charge in [-0.1, -0.05) is 0 Å². The van der Waals surface area contributed by atoms with Crippen molar-refractivity contribution < 1.29 is 20.4 Å². The van der Waals surface area contributed by atoms with Gasteiger partial charge in [0, 0.05) is 25.8 Å². The molecule has 1 heterocycles. The molecule has 2 radical (unpaired) electrons. The van der Waals surface area contributed by atoms with Gasteiger partial charge in [0.25, 0.3) is 10.1 Å². The van der Waals surface area contributed by atoms with Gasteiger partial charge in [0.05, 0.1) is 22.9 Å². The Kier molecular flexibility index (Phi) is 7.85. The second kappa shape index (κ2) is 10.2. The molecule has 30 heavy (non-hydrogen) atoms. The lowest BCUT2D eigenvalue weighted by Crippen LogP contribution is -2.28. The first-order valence-electron chi connectivity index (χ1n) is 9.15. The molecule has 0 N–H and O–H groups in total. The Morgan fingerprint density at radius 2 is 1.67 bits per heavy atom. The van der Waals surface area contributed by atoms with Crippen LogP contribution in [0.1, 0.15) is 6.42 Å². The van der Waals surface area contributed by atoms with Gasteiger partial charge in [-0.05, 0) is 55.0 Å². The number of rotatable bonds is 8. The second-order valence-corrected chi connectivity index (χ2v) is 9.04. The molecular formula is C19H21BIN3O5S. The molecule has 1 fully saturated rings. The summed E-state index contributed by atoms with van der Waals surface area (Å²) in [6.45, 7) is -0.173. The van der Waals surface area contributed by atoms with Gasteiger partial charge in [-0.15, -0.1) is 0 Å². The Hall–Kier alpha value is -1.54. The zero-order valence-electron chi connectivity index (χ0n) is 16.5. The highest BCUT2D eigenvalue weighted by Gasteiger charge is 2.34. The third-order valence-corrected chi connectivity index (χ3v) is 6.45. The van der Waals surface area contributed by atoms with E-state index in [2.05, 4.69) is 10.2 Å². The quantitative estimate of drug-likeness (QED) is 0.218. The third kappa shape index (κ3) is 6.00. The lowest BCUT2D eigenvalue weighted by molar-refractivity contribution is 0.0227. The minimum Gasteiger partial charge on any atom is -0.379 e. The fourth-order valence-electron chi connectivity index (χ4n) is 2.83. The lowest BCUT2D eigenvalue weighted by atomic mass is 9.96. The fraction of sp³-hybridized carbons (Fsp3) is 0.368. The summed E-state index contributed by atoms with van der Waals surface area (Å²) >= 11 is 1.74. The van der Waals surface area contributed by atoms with E-state index in [4.69, 9.17) is 19.8 Å². The van der Waals surface area contributed by atoms with Gasteiger partial charge in [0.1, 0.15) is 43.1 Å². The Morgan fingerprint density at radius 3 is 2.20 bits per heavy atom. The SMILES string of the molecule is [B]C1CC(OI)[C@@H](COS(=O)(=O)c2ccc(N=Nc3ccc(N(C)C)cc3)cc2)O1. The first kappa shape index (κ1) is 23.1. The Balaban J connectivity index is 1.61. The van der Waals surface area contributed by atoms with E-state index < -0.39 is 22.2 Å². The van der Waals surface area contributed by atoms with Crippen molar-refractivity contribution in [1.82, 2.24) is 0 Å². The largest absolute Gasteiger partial charge is 0.379 e. The van der Waals surface area contributed by atoms with Gasteiger partial charge >= 0.3 is 0 Å². The van der Waals surface area contributed by atoms with E-state index in [0.717, 1.165) is 5.69 Å². The molecule has 11 heteroatoms. The standard InChI is InChI=1S/C19H21BIN3O5S/c1-24(2)15-7-3-13(4-8-15)22-23-14-5-9-16(10-6-14)30(25,26)27-12-18-17(29-21)11-19(20)28-18/h3-10,17-19H,11-12H2,1-2H3/t17?,18-,19?/m1/s1. The highest BCUT2D eigenvalue weighted by atomic mass is 127. The summed E-state index contributed by atoms with van der Waals surface area (Å²) < 4.78 is 40.7. The zero-order chi connectivity index (χ0) is 21.7. The number of benzene rings is 2. The van der Waals surface area contributed by atoms with Crippen molar-refractivity contribution in [3.8, 4) is 0 Å². The Labute approximate surface area is 191 Å². The number of nitrogens with zero attached hydrogens (tertiary/aromatic N) is 3. The molecule has 8 nitrogen and oxygen atoms in total. The van der Waals surface area contributed by atoms with Crippen molar-refractivity contribution in [2.75, 3.05) is 25.6 Å². The summed E-state index contributed by atoms with van der Waals surface area (Å²) in [5, 5.41) is 8.30. The summed E-state index contributed by atoms with van der Waals surface area (Å²) in [5.74, 6) is 0. The van der Waals surface area contributed by atoms with Crippen LogP contribution in [0.4, 0.5) is 17.1 Å². The third-order valence-electron chi connectivity index (χ3n) is 4.50. The molecule has 2 aromatic rings. The van der Waals surface area contributed by atoms with Crippen molar-refractivity contribution in [3.63, 3.8) is 0 Å². The van der Waals surface area contributed by atoms with E-state index in [1.54, 1.807) is 35.1 Å². The van der Waals surface area contributed by atoms with Gasteiger partial charge in [0.15, 0.2) is 0 Å². The monoisotopic (exact) mass is 541 g/mol. The van der Waals surface area contributed by atoms with Crippen molar-refractivity contribution in [2.24, 2.45) is 10.2 Å². The van der Waals surface area contributed by atoms with Crippen molar-refractivity contribution in [3.05, 3.63) is 48.5 Å². The molecular weight excluding hydrogens is 520 g/mol. The van der Waals surface area contributed by atoms with E-state index in [1.165, 1.54) is 12.1 Å². The summed E-state index contributed by atoms with van der Waals surface area (Å²) in [6, 6.07) is 13.1. The molecule has 3 atom stereocenters. The lowest BCUT2D eigenvalue weighted by Gasteiger charge is -2.16. The second-order valence-electron chi connectivity index (χ2n) is 6.92. The Bertz CT molecular complexity index is 971. The van der Waals surface area contributed by atoms with Crippen LogP contribution in [0.5, 0.6) is 0 Å². The average Bonchev–Trinajstić information content (AvgIpc) is 3.11. The predicted molar refractivity (Wildman–Crippen MR) is 122 cm³/mol. The van der Waals surface area contributed by atoms with E-state index in [-0.39, 0.29) is 17.6 Å². The van der Waals surface area contributed by atoms with Crippen LogP contribution in [-0.2, 0) is 22.1 Å². The molecule has 1 saturated heterocycles. The van der Waals surface area contributed by atoms with E-state index >= 15 is 0 Å². The molecule has 2 aromatic carbocycles. The smallest absolute Gasteiger partial charge is 0.297 e. The number of anilines is 1. The maximum absolute atomic E-state index is 12.4. The molecule has 0 spiro atoms. The van der Waals surface area contributed by atoms with Crippen LogP contribution < -0.4 is 4.90 Å². The maximum atomic E-state index is 12.4. The van der Waals surface area contributed by atoms with Crippen molar-refractivity contribution >= 4 is 58.0 Å². The van der Waals surface area contributed by atoms with Crippen molar-refractivity contribution in [1.29, 1.82) is 0 Å². The average molecular weight is 541 g/mol. The number of hydrogen-bond acceptors (Lipinski definition) is 8. The highest BCUT2D eigenvalue weighted by Crippen LogP contribution is 2.26. The molecule has 1 aliphatic heterocycles.